The Bertz CT molecular complexity index is 362. The van der Waals surface area contributed by atoms with E-state index in [4.69, 9.17) is 20.7 Å². The number of rotatable bonds is 2. The molecule has 1 aliphatic heterocycles. The molecule has 1 aliphatic carbocycles. The minimum atomic E-state index is -0.599. The molecule has 2 rings (SSSR count). The SMILES string of the molecule is CC1(C)O[C@H]2[C@@H](O1)C(N)C[C@@H]2C(C)(C)N=[N+]=[N-]. The molecule has 0 aromatic rings. The average Bonchev–Trinajstić information content (AvgIpc) is 2.62. The molecule has 17 heavy (non-hydrogen) atoms. The summed E-state index contributed by atoms with van der Waals surface area (Å²) in [6.07, 6.45) is 0.584. The molecule has 0 aromatic carbocycles. The van der Waals surface area contributed by atoms with Crippen LogP contribution in [-0.4, -0.2) is 29.6 Å². The van der Waals surface area contributed by atoms with Crippen LogP contribution in [0.25, 0.3) is 10.4 Å². The minimum absolute atomic E-state index is 0.0556. The lowest BCUT2D eigenvalue weighted by molar-refractivity contribution is -0.160. The number of azide groups is 1. The molecule has 1 saturated carbocycles. The predicted octanol–water partition coefficient (Wildman–Crippen LogP) is 1.94. The number of nitrogens with zero attached hydrogens (tertiary/aromatic N) is 3. The Morgan fingerprint density at radius 3 is 2.53 bits per heavy atom. The molecule has 4 atom stereocenters. The van der Waals surface area contributed by atoms with Gasteiger partial charge in [0.2, 0.25) is 0 Å². The monoisotopic (exact) mass is 240 g/mol. The van der Waals surface area contributed by atoms with E-state index < -0.39 is 11.3 Å². The zero-order valence-electron chi connectivity index (χ0n) is 10.8. The van der Waals surface area contributed by atoms with Crippen molar-refractivity contribution in [3.05, 3.63) is 10.4 Å². The maximum atomic E-state index is 8.63. The first kappa shape index (κ1) is 12.6. The van der Waals surface area contributed by atoms with Crippen molar-refractivity contribution in [2.45, 2.75) is 63.7 Å². The summed E-state index contributed by atoms with van der Waals surface area (Å²) in [6, 6.07) is -0.0556. The normalized spacial score (nSPS) is 39.8. The summed E-state index contributed by atoms with van der Waals surface area (Å²) in [5.41, 5.74) is 14.2. The van der Waals surface area contributed by atoms with Gasteiger partial charge in [-0.2, -0.15) is 0 Å². The molecule has 2 N–H and O–H groups in total. The summed E-state index contributed by atoms with van der Waals surface area (Å²) in [5, 5.41) is 3.87. The van der Waals surface area contributed by atoms with E-state index in [0.29, 0.717) is 0 Å². The summed E-state index contributed by atoms with van der Waals surface area (Å²) in [4.78, 5) is 2.92. The smallest absolute Gasteiger partial charge is 0.163 e. The molecule has 1 unspecified atom stereocenters. The van der Waals surface area contributed by atoms with Gasteiger partial charge >= 0.3 is 0 Å². The van der Waals surface area contributed by atoms with E-state index in [1.54, 1.807) is 0 Å². The van der Waals surface area contributed by atoms with Gasteiger partial charge in [-0.25, -0.2) is 0 Å². The van der Waals surface area contributed by atoms with Crippen molar-refractivity contribution in [1.29, 1.82) is 0 Å². The Labute approximate surface area is 101 Å². The van der Waals surface area contributed by atoms with Crippen molar-refractivity contribution in [3.63, 3.8) is 0 Å². The highest BCUT2D eigenvalue weighted by Gasteiger charge is 2.56. The third-order valence-corrected chi connectivity index (χ3v) is 3.72. The number of hydrogen-bond acceptors (Lipinski definition) is 4. The van der Waals surface area contributed by atoms with Crippen LogP contribution in [0.5, 0.6) is 0 Å². The summed E-state index contributed by atoms with van der Waals surface area (Å²) >= 11 is 0. The molecule has 6 heteroatoms. The lowest BCUT2D eigenvalue weighted by atomic mass is 9.85. The fourth-order valence-electron chi connectivity index (χ4n) is 2.90. The first-order chi connectivity index (χ1) is 7.77. The van der Waals surface area contributed by atoms with Gasteiger partial charge in [-0.1, -0.05) is 19.0 Å². The molecule has 2 aliphatic rings. The summed E-state index contributed by atoms with van der Waals surface area (Å²) in [7, 11) is 0. The molecule has 1 saturated heterocycles. The Morgan fingerprint density at radius 1 is 1.35 bits per heavy atom. The molecule has 0 amide bonds. The molecule has 0 radical (unpaired) electrons. The van der Waals surface area contributed by atoms with Crippen molar-refractivity contribution in [1.82, 2.24) is 0 Å². The Kier molecular flexibility index (Phi) is 2.86. The lowest BCUT2D eigenvalue weighted by Crippen LogP contribution is -2.38. The zero-order chi connectivity index (χ0) is 12.8. The topological polar surface area (TPSA) is 93.2 Å². The van der Waals surface area contributed by atoms with Crippen LogP contribution >= 0.6 is 0 Å². The minimum Gasteiger partial charge on any atom is -0.344 e. The van der Waals surface area contributed by atoms with Gasteiger partial charge in [-0.3, -0.25) is 0 Å². The van der Waals surface area contributed by atoms with Gasteiger partial charge in [0.15, 0.2) is 5.79 Å². The maximum Gasteiger partial charge on any atom is 0.163 e. The Balaban J connectivity index is 2.24. The summed E-state index contributed by atoms with van der Waals surface area (Å²) in [6.45, 7) is 7.60. The molecule has 0 bridgehead atoms. The van der Waals surface area contributed by atoms with E-state index in [1.165, 1.54) is 0 Å². The first-order valence-corrected chi connectivity index (χ1v) is 5.94. The van der Waals surface area contributed by atoms with Crippen molar-refractivity contribution in [2.24, 2.45) is 16.8 Å². The van der Waals surface area contributed by atoms with Gasteiger partial charge in [0.25, 0.3) is 0 Å². The number of fused-ring (bicyclic) bond motifs is 1. The Morgan fingerprint density at radius 2 is 1.94 bits per heavy atom. The number of nitrogens with two attached hydrogens (primary N) is 1. The standard InChI is InChI=1S/C11H20N4O2/c1-10(2,14-15-13)6-5-7(12)9-8(6)16-11(3,4)17-9/h6-9H,5,12H2,1-4H3/t6-,7?,8+,9-/m0/s1. The molecular weight excluding hydrogens is 220 g/mol. The molecule has 2 fully saturated rings. The fraction of sp³-hybridized carbons (Fsp3) is 1.00. The summed E-state index contributed by atoms with van der Waals surface area (Å²) in [5.74, 6) is -0.502. The van der Waals surface area contributed by atoms with Gasteiger partial charge in [0.05, 0.1) is 6.10 Å². The van der Waals surface area contributed by atoms with E-state index >= 15 is 0 Å². The van der Waals surface area contributed by atoms with Crippen LogP contribution in [0.3, 0.4) is 0 Å². The molecule has 0 spiro atoms. The van der Waals surface area contributed by atoms with Gasteiger partial charge in [0.1, 0.15) is 6.10 Å². The highest BCUT2D eigenvalue weighted by Crippen LogP contribution is 2.46. The third-order valence-electron chi connectivity index (χ3n) is 3.72. The largest absolute Gasteiger partial charge is 0.344 e. The second kappa shape index (κ2) is 3.85. The molecule has 6 nitrogen and oxygen atoms in total. The van der Waals surface area contributed by atoms with Crippen molar-refractivity contribution < 1.29 is 9.47 Å². The zero-order valence-corrected chi connectivity index (χ0v) is 10.8. The van der Waals surface area contributed by atoms with Crippen LogP contribution in [0, 0.1) is 5.92 Å². The maximum absolute atomic E-state index is 8.63. The number of ether oxygens (including phenoxy) is 2. The van der Waals surface area contributed by atoms with E-state index in [0.717, 1.165) is 6.42 Å². The number of hydrogen-bond donors (Lipinski definition) is 1. The highest BCUT2D eigenvalue weighted by molar-refractivity contribution is 5.07. The molecule has 96 valence electrons. The second-order valence-electron chi connectivity index (χ2n) is 5.91. The molecule has 1 heterocycles. The van der Waals surface area contributed by atoms with Crippen LogP contribution in [0.4, 0.5) is 0 Å². The van der Waals surface area contributed by atoms with Crippen molar-refractivity contribution in [2.75, 3.05) is 0 Å². The third kappa shape index (κ3) is 2.13. The van der Waals surface area contributed by atoms with Crippen LogP contribution in [-0.2, 0) is 9.47 Å². The van der Waals surface area contributed by atoms with E-state index in [-0.39, 0.29) is 24.2 Å². The first-order valence-electron chi connectivity index (χ1n) is 5.94. The Hall–Kier alpha value is -0.810. The van der Waals surface area contributed by atoms with Crippen molar-refractivity contribution in [3.8, 4) is 0 Å². The van der Waals surface area contributed by atoms with Gasteiger partial charge in [-0.15, -0.1) is 0 Å². The van der Waals surface area contributed by atoms with Gasteiger partial charge < -0.3 is 15.2 Å². The van der Waals surface area contributed by atoms with Crippen LogP contribution in [0.15, 0.2) is 5.11 Å². The second-order valence-corrected chi connectivity index (χ2v) is 5.91. The van der Waals surface area contributed by atoms with Crippen LogP contribution < -0.4 is 5.73 Å². The summed E-state index contributed by atoms with van der Waals surface area (Å²) < 4.78 is 11.7. The van der Waals surface area contributed by atoms with Crippen LogP contribution in [0.2, 0.25) is 0 Å². The van der Waals surface area contributed by atoms with Gasteiger partial charge in [-0.05, 0) is 25.8 Å². The molecule has 0 aromatic heterocycles. The van der Waals surface area contributed by atoms with E-state index in [2.05, 4.69) is 10.0 Å². The van der Waals surface area contributed by atoms with Crippen molar-refractivity contribution >= 4 is 0 Å². The molecular formula is C11H20N4O2. The van der Waals surface area contributed by atoms with E-state index in [9.17, 15) is 0 Å². The average molecular weight is 240 g/mol. The lowest BCUT2D eigenvalue weighted by Gasteiger charge is -2.31. The predicted molar refractivity (Wildman–Crippen MR) is 63.1 cm³/mol. The highest BCUT2D eigenvalue weighted by atomic mass is 16.8. The van der Waals surface area contributed by atoms with Crippen LogP contribution in [0.1, 0.15) is 34.1 Å². The fourth-order valence-corrected chi connectivity index (χ4v) is 2.90. The van der Waals surface area contributed by atoms with Gasteiger partial charge in [0, 0.05) is 22.4 Å². The quantitative estimate of drug-likeness (QED) is 0.454. The van der Waals surface area contributed by atoms with E-state index in [1.807, 2.05) is 27.7 Å².